The fourth-order valence-corrected chi connectivity index (χ4v) is 4.79. The summed E-state index contributed by atoms with van der Waals surface area (Å²) < 4.78 is 11.5. The minimum absolute atomic E-state index is 0.166. The second-order valence-electron chi connectivity index (χ2n) is 7.79. The summed E-state index contributed by atoms with van der Waals surface area (Å²) in [5, 5.41) is 0.985. The molecule has 1 aromatic heterocycles. The second kappa shape index (κ2) is 7.92. The van der Waals surface area contributed by atoms with Crippen LogP contribution in [0.1, 0.15) is 37.9 Å². The second-order valence-corrected chi connectivity index (χ2v) is 7.79. The topological polar surface area (TPSA) is 51.7 Å². The van der Waals surface area contributed by atoms with Crippen LogP contribution in [-0.4, -0.2) is 42.1 Å². The van der Waals surface area contributed by atoms with Gasteiger partial charge >= 0.3 is 5.97 Å². The zero-order valence-corrected chi connectivity index (χ0v) is 16.6. The highest BCUT2D eigenvalue weighted by molar-refractivity contribution is 5.84. The largest absolute Gasteiger partial charge is 0.497 e. The van der Waals surface area contributed by atoms with Gasteiger partial charge in [0.2, 0.25) is 0 Å². The number of hydrogen-bond acceptors (Lipinski definition) is 5. The van der Waals surface area contributed by atoms with Gasteiger partial charge in [0.1, 0.15) is 11.9 Å². The molecule has 0 spiro atoms. The molecule has 1 unspecified atom stereocenters. The van der Waals surface area contributed by atoms with Crippen LogP contribution in [0.2, 0.25) is 0 Å². The summed E-state index contributed by atoms with van der Waals surface area (Å²) in [6.45, 7) is 7.90. The van der Waals surface area contributed by atoms with E-state index in [0.29, 0.717) is 18.3 Å². The first-order valence-corrected chi connectivity index (χ1v) is 10.1. The van der Waals surface area contributed by atoms with Crippen molar-refractivity contribution in [3.05, 3.63) is 48.7 Å². The van der Waals surface area contributed by atoms with Crippen LogP contribution in [0.15, 0.2) is 43.1 Å². The molecule has 148 valence electrons. The molecule has 2 bridgehead atoms. The first kappa shape index (κ1) is 18.9. The Balaban J connectivity index is 1.76. The number of esters is 1. The predicted molar refractivity (Wildman–Crippen MR) is 109 cm³/mol. The summed E-state index contributed by atoms with van der Waals surface area (Å²) in [6.07, 6.45) is 6.17. The molecule has 5 heteroatoms. The van der Waals surface area contributed by atoms with Crippen LogP contribution in [0.25, 0.3) is 10.9 Å². The number of methoxy groups -OCH3 is 1. The molecule has 0 saturated carbocycles. The van der Waals surface area contributed by atoms with Crippen LogP contribution in [0.5, 0.6) is 5.75 Å². The average molecular weight is 380 g/mol. The van der Waals surface area contributed by atoms with E-state index in [-0.39, 0.29) is 18.1 Å². The summed E-state index contributed by atoms with van der Waals surface area (Å²) >= 11 is 0. The third kappa shape index (κ3) is 3.39. The average Bonchev–Trinajstić information content (AvgIpc) is 2.76. The number of aromatic nitrogens is 1. The Morgan fingerprint density at radius 2 is 2.29 bits per heavy atom. The minimum Gasteiger partial charge on any atom is -0.497 e. The Bertz CT molecular complexity index is 881. The molecule has 3 aliphatic heterocycles. The summed E-state index contributed by atoms with van der Waals surface area (Å²) in [6, 6.07) is 8.03. The Morgan fingerprint density at radius 1 is 1.43 bits per heavy atom. The lowest BCUT2D eigenvalue weighted by Crippen LogP contribution is -2.55. The van der Waals surface area contributed by atoms with Crippen molar-refractivity contribution >= 4 is 16.9 Å². The number of piperidine rings is 3. The number of fused-ring (bicyclic) bond motifs is 4. The van der Waals surface area contributed by atoms with Crippen molar-refractivity contribution in [1.29, 1.82) is 0 Å². The monoisotopic (exact) mass is 380 g/mol. The molecule has 4 heterocycles. The molecule has 5 nitrogen and oxygen atoms in total. The molecule has 5 rings (SSSR count). The lowest BCUT2D eigenvalue weighted by atomic mass is 9.73. The third-order valence-corrected chi connectivity index (χ3v) is 6.34. The number of hydrogen-bond donors (Lipinski definition) is 0. The van der Waals surface area contributed by atoms with E-state index in [0.717, 1.165) is 41.7 Å². The van der Waals surface area contributed by atoms with Gasteiger partial charge in [0.25, 0.3) is 0 Å². The third-order valence-electron chi connectivity index (χ3n) is 6.34. The van der Waals surface area contributed by atoms with Gasteiger partial charge in [-0.1, -0.05) is 13.0 Å². The van der Waals surface area contributed by atoms with E-state index in [1.807, 2.05) is 31.2 Å². The molecular weight excluding hydrogens is 352 g/mol. The molecule has 5 atom stereocenters. The smallest absolute Gasteiger partial charge is 0.306 e. The normalized spacial score (nSPS) is 27.4. The molecule has 3 saturated heterocycles. The standard InChI is InChI=1S/C23H28N2O3/c1-4-15-14-25-11-9-16(15)12-21(25)23(28-22(26)5-2)18-8-10-24-20-7-6-17(27-3)13-19(18)20/h4,6-8,10,13,15-16,21,23H,1,5,9,11-12,14H2,2-3H3/t15-,16+,21-,23+/m0/s1. The lowest BCUT2D eigenvalue weighted by Gasteiger charge is -2.51. The summed E-state index contributed by atoms with van der Waals surface area (Å²) in [5.74, 6) is 1.75. The number of rotatable bonds is 6. The van der Waals surface area contributed by atoms with Crippen LogP contribution >= 0.6 is 0 Å². The maximum atomic E-state index is 12.3. The number of carbonyl (C=O) groups is 1. The van der Waals surface area contributed by atoms with Crippen LogP contribution in [0.3, 0.4) is 0 Å². The number of ether oxygens (including phenoxy) is 2. The fraction of sp³-hybridized carbons (Fsp3) is 0.478. The number of benzene rings is 1. The van der Waals surface area contributed by atoms with Crippen LogP contribution in [0.4, 0.5) is 0 Å². The fourth-order valence-electron chi connectivity index (χ4n) is 4.79. The van der Waals surface area contributed by atoms with E-state index in [9.17, 15) is 4.79 Å². The van der Waals surface area contributed by atoms with Crippen molar-refractivity contribution in [1.82, 2.24) is 9.88 Å². The van der Waals surface area contributed by atoms with Crippen molar-refractivity contribution < 1.29 is 14.3 Å². The van der Waals surface area contributed by atoms with Crippen LogP contribution < -0.4 is 4.74 Å². The predicted octanol–water partition coefficient (Wildman–Crippen LogP) is 4.13. The SMILES string of the molecule is C=C[C@H]1CN2CC[C@@H]1C[C@H]2[C@H](OC(=O)CC)c1ccnc2ccc(OC)cc12. The molecule has 2 aromatic rings. The summed E-state index contributed by atoms with van der Waals surface area (Å²) in [5.41, 5.74) is 1.90. The molecule has 0 amide bonds. The zero-order chi connectivity index (χ0) is 19.7. The van der Waals surface area contributed by atoms with E-state index in [1.165, 1.54) is 6.42 Å². The summed E-state index contributed by atoms with van der Waals surface area (Å²) in [4.78, 5) is 19.3. The quantitative estimate of drug-likeness (QED) is 0.557. The lowest BCUT2D eigenvalue weighted by molar-refractivity contribution is -0.156. The highest BCUT2D eigenvalue weighted by Crippen LogP contribution is 2.43. The molecule has 1 aromatic carbocycles. The maximum Gasteiger partial charge on any atom is 0.306 e. The van der Waals surface area contributed by atoms with Gasteiger partial charge < -0.3 is 9.47 Å². The van der Waals surface area contributed by atoms with E-state index in [4.69, 9.17) is 9.47 Å². The van der Waals surface area contributed by atoms with Crippen LogP contribution in [0, 0.1) is 11.8 Å². The van der Waals surface area contributed by atoms with E-state index in [1.54, 1.807) is 13.3 Å². The van der Waals surface area contributed by atoms with E-state index >= 15 is 0 Å². The van der Waals surface area contributed by atoms with Crippen molar-refractivity contribution in [3.63, 3.8) is 0 Å². The van der Waals surface area contributed by atoms with Crippen molar-refractivity contribution in [2.45, 2.75) is 38.3 Å². The van der Waals surface area contributed by atoms with Gasteiger partial charge in [0, 0.05) is 30.1 Å². The first-order valence-electron chi connectivity index (χ1n) is 10.1. The Labute approximate surface area is 166 Å². The van der Waals surface area contributed by atoms with Gasteiger partial charge in [-0.15, -0.1) is 6.58 Å². The number of pyridine rings is 1. The van der Waals surface area contributed by atoms with Gasteiger partial charge in [-0.25, -0.2) is 0 Å². The molecule has 0 radical (unpaired) electrons. The molecule has 3 fully saturated rings. The van der Waals surface area contributed by atoms with Crippen molar-refractivity contribution in [2.24, 2.45) is 11.8 Å². The van der Waals surface area contributed by atoms with E-state index < -0.39 is 0 Å². The van der Waals surface area contributed by atoms with Gasteiger partial charge in [-0.3, -0.25) is 14.7 Å². The van der Waals surface area contributed by atoms with Gasteiger partial charge in [0.15, 0.2) is 0 Å². The highest BCUT2D eigenvalue weighted by Gasteiger charge is 2.44. The molecule has 0 N–H and O–H groups in total. The zero-order valence-electron chi connectivity index (χ0n) is 16.6. The number of carbonyl (C=O) groups excluding carboxylic acids is 1. The highest BCUT2D eigenvalue weighted by atomic mass is 16.5. The Kier molecular flexibility index (Phi) is 5.36. The maximum absolute atomic E-state index is 12.3. The molecular formula is C23H28N2O3. The summed E-state index contributed by atoms with van der Waals surface area (Å²) in [7, 11) is 1.66. The van der Waals surface area contributed by atoms with E-state index in [2.05, 4.69) is 22.5 Å². The van der Waals surface area contributed by atoms with Crippen molar-refractivity contribution in [2.75, 3.05) is 20.2 Å². The van der Waals surface area contributed by atoms with Gasteiger partial charge in [-0.2, -0.15) is 0 Å². The van der Waals surface area contributed by atoms with Crippen molar-refractivity contribution in [3.8, 4) is 5.75 Å². The van der Waals surface area contributed by atoms with Gasteiger partial charge in [-0.05, 0) is 55.5 Å². The Hall–Kier alpha value is -2.40. The molecule has 3 aliphatic rings. The Morgan fingerprint density at radius 3 is 2.96 bits per heavy atom. The minimum atomic E-state index is -0.307. The van der Waals surface area contributed by atoms with Crippen LogP contribution in [-0.2, 0) is 9.53 Å². The first-order chi connectivity index (χ1) is 13.6. The number of nitrogens with zero attached hydrogens (tertiary/aromatic N) is 2. The molecule has 28 heavy (non-hydrogen) atoms. The molecule has 0 aliphatic carbocycles. The van der Waals surface area contributed by atoms with Gasteiger partial charge in [0.05, 0.1) is 18.7 Å².